The fourth-order valence-corrected chi connectivity index (χ4v) is 2.04. The number of carbonyl (C=O) groups is 1. The molecular weight excluding hydrogens is 246 g/mol. The first-order chi connectivity index (χ1) is 9.08. The van der Waals surface area contributed by atoms with Crippen LogP contribution in [0.5, 0.6) is 11.5 Å². The van der Waals surface area contributed by atoms with Crippen LogP contribution in [-0.4, -0.2) is 41.9 Å². The molecule has 0 fully saturated rings. The highest BCUT2D eigenvalue weighted by Gasteiger charge is 2.21. The molecule has 1 aromatic heterocycles. The number of amides is 1. The molecule has 98 valence electrons. The minimum atomic E-state index is -0.184. The summed E-state index contributed by atoms with van der Waals surface area (Å²) in [7, 11) is 3.37. The smallest absolute Gasteiger partial charge is 0.274 e. The normalized spacial score (nSPS) is 12.8. The summed E-state index contributed by atoms with van der Waals surface area (Å²) in [4.78, 5) is 13.6. The van der Waals surface area contributed by atoms with E-state index in [1.165, 1.54) is 4.90 Å². The van der Waals surface area contributed by atoms with Gasteiger partial charge in [0.25, 0.3) is 5.91 Å². The summed E-state index contributed by atoms with van der Waals surface area (Å²) in [5, 5.41) is 9.64. The summed E-state index contributed by atoms with van der Waals surface area (Å²) in [6, 6.07) is 3.63. The largest absolute Gasteiger partial charge is 0.454 e. The van der Waals surface area contributed by atoms with Crippen LogP contribution in [0.25, 0.3) is 10.8 Å². The van der Waals surface area contributed by atoms with E-state index >= 15 is 0 Å². The standard InChI is InChI=1S/C13H13N3O3/c1-7-8-4-10-11(19-6-18-10)5-9(8)12(15-14-7)13(17)16(2)3/h4-5H,6H2,1-3H3. The lowest BCUT2D eigenvalue weighted by molar-refractivity contribution is 0.0823. The van der Waals surface area contributed by atoms with Crippen molar-refractivity contribution in [2.45, 2.75) is 6.92 Å². The Morgan fingerprint density at radius 3 is 2.42 bits per heavy atom. The lowest BCUT2D eigenvalue weighted by Gasteiger charge is -2.12. The number of ether oxygens (including phenoxy) is 2. The molecule has 0 saturated carbocycles. The number of hydrogen-bond donors (Lipinski definition) is 0. The number of benzene rings is 1. The average Bonchev–Trinajstić information content (AvgIpc) is 2.83. The van der Waals surface area contributed by atoms with Crippen LogP contribution in [0, 0.1) is 6.92 Å². The molecule has 0 atom stereocenters. The first-order valence-electron chi connectivity index (χ1n) is 5.86. The highest BCUT2D eigenvalue weighted by molar-refractivity contribution is 6.06. The van der Waals surface area contributed by atoms with Gasteiger partial charge in [0.05, 0.1) is 5.69 Å². The van der Waals surface area contributed by atoms with Gasteiger partial charge in [-0.25, -0.2) is 0 Å². The summed E-state index contributed by atoms with van der Waals surface area (Å²) < 4.78 is 10.7. The van der Waals surface area contributed by atoms with E-state index in [-0.39, 0.29) is 12.7 Å². The zero-order valence-electron chi connectivity index (χ0n) is 10.9. The molecule has 0 spiro atoms. The number of nitrogens with zero attached hydrogens (tertiary/aromatic N) is 3. The lowest BCUT2D eigenvalue weighted by Crippen LogP contribution is -2.23. The van der Waals surface area contributed by atoms with E-state index in [1.54, 1.807) is 20.2 Å². The summed E-state index contributed by atoms with van der Waals surface area (Å²) in [5.74, 6) is 1.12. The van der Waals surface area contributed by atoms with Crippen molar-refractivity contribution >= 4 is 16.7 Å². The SMILES string of the molecule is Cc1nnc(C(=O)N(C)C)c2cc3c(cc12)OCO3. The predicted octanol–water partition coefficient (Wildman–Crippen LogP) is 1.37. The van der Waals surface area contributed by atoms with E-state index in [0.29, 0.717) is 17.2 Å². The zero-order chi connectivity index (χ0) is 13.6. The Morgan fingerprint density at radius 1 is 1.16 bits per heavy atom. The van der Waals surface area contributed by atoms with Gasteiger partial charge in [0, 0.05) is 24.9 Å². The van der Waals surface area contributed by atoms with Crippen LogP contribution in [-0.2, 0) is 0 Å². The van der Waals surface area contributed by atoms with Gasteiger partial charge in [-0.2, -0.15) is 5.10 Å². The molecule has 1 aliphatic heterocycles. The molecule has 0 radical (unpaired) electrons. The van der Waals surface area contributed by atoms with Gasteiger partial charge >= 0.3 is 0 Å². The fraction of sp³-hybridized carbons (Fsp3) is 0.308. The lowest BCUT2D eigenvalue weighted by atomic mass is 10.1. The van der Waals surface area contributed by atoms with Crippen LogP contribution >= 0.6 is 0 Å². The second kappa shape index (κ2) is 4.08. The molecule has 0 unspecified atom stereocenters. The van der Waals surface area contributed by atoms with Crippen LogP contribution in [0.15, 0.2) is 12.1 Å². The molecule has 1 amide bonds. The van der Waals surface area contributed by atoms with Crippen molar-refractivity contribution < 1.29 is 14.3 Å². The monoisotopic (exact) mass is 259 g/mol. The topological polar surface area (TPSA) is 64.6 Å². The first-order valence-corrected chi connectivity index (χ1v) is 5.86. The summed E-state index contributed by atoms with van der Waals surface area (Å²) in [6.07, 6.45) is 0. The molecule has 19 heavy (non-hydrogen) atoms. The van der Waals surface area contributed by atoms with Gasteiger partial charge in [0.15, 0.2) is 17.2 Å². The van der Waals surface area contributed by atoms with Gasteiger partial charge in [-0.15, -0.1) is 5.10 Å². The van der Waals surface area contributed by atoms with Gasteiger partial charge in [-0.1, -0.05) is 0 Å². The number of rotatable bonds is 1. The third kappa shape index (κ3) is 1.76. The molecule has 3 rings (SSSR count). The van der Waals surface area contributed by atoms with E-state index < -0.39 is 0 Å². The van der Waals surface area contributed by atoms with Crippen molar-refractivity contribution in [2.75, 3.05) is 20.9 Å². The van der Waals surface area contributed by atoms with E-state index in [9.17, 15) is 4.79 Å². The zero-order valence-corrected chi connectivity index (χ0v) is 10.9. The molecule has 0 bridgehead atoms. The Morgan fingerprint density at radius 2 is 1.79 bits per heavy atom. The molecule has 0 N–H and O–H groups in total. The number of hydrogen-bond acceptors (Lipinski definition) is 5. The quantitative estimate of drug-likeness (QED) is 0.774. The van der Waals surface area contributed by atoms with E-state index in [1.807, 2.05) is 13.0 Å². The summed E-state index contributed by atoms with van der Waals surface area (Å²) in [5.41, 5.74) is 1.08. The third-order valence-electron chi connectivity index (χ3n) is 3.07. The number of aromatic nitrogens is 2. The fourth-order valence-electron chi connectivity index (χ4n) is 2.04. The molecule has 2 aromatic rings. The first kappa shape index (κ1) is 11.7. The van der Waals surface area contributed by atoms with Crippen molar-refractivity contribution in [3.8, 4) is 11.5 Å². The molecule has 6 nitrogen and oxygen atoms in total. The molecular formula is C13H13N3O3. The second-order valence-corrected chi connectivity index (χ2v) is 4.58. The van der Waals surface area contributed by atoms with Crippen LogP contribution in [0.3, 0.4) is 0 Å². The highest BCUT2D eigenvalue weighted by Crippen LogP contribution is 2.37. The van der Waals surface area contributed by atoms with Crippen LogP contribution < -0.4 is 9.47 Å². The highest BCUT2D eigenvalue weighted by atomic mass is 16.7. The summed E-state index contributed by atoms with van der Waals surface area (Å²) >= 11 is 0. The van der Waals surface area contributed by atoms with Gasteiger partial charge in [0.1, 0.15) is 0 Å². The van der Waals surface area contributed by atoms with Crippen LogP contribution in [0.2, 0.25) is 0 Å². The minimum absolute atomic E-state index is 0.184. The predicted molar refractivity (Wildman–Crippen MR) is 68.4 cm³/mol. The number of carbonyl (C=O) groups excluding carboxylic acids is 1. The van der Waals surface area contributed by atoms with Crippen molar-refractivity contribution in [3.63, 3.8) is 0 Å². The molecule has 1 aromatic carbocycles. The van der Waals surface area contributed by atoms with Gasteiger partial charge in [-0.3, -0.25) is 4.79 Å². The van der Waals surface area contributed by atoms with E-state index in [0.717, 1.165) is 16.5 Å². The van der Waals surface area contributed by atoms with E-state index in [2.05, 4.69) is 10.2 Å². The maximum Gasteiger partial charge on any atom is 0.274 e. The van der Waals surface area contributed by atoms with E-state index in [4.69, 9.17) is 9.47 Å². The van der Waals surface area contributed by atoms with Crippen molar-refractivity contribution in [3.05, 3.63) is 23.5 Å². The van der Waals surface area contributed by atoms with Crippen molar-refractivity contribution in [1.29, 1.82) is 0 Å². The Kier molecular flexibility index (Phi) is 2.51. The molecule has 2 heterocycles. The Hall–Kier alpha value is -2.37. The Labute approximate surface area is 109 Å². The summed E-state index contributed by atoms with van der Waals surface area (Å²) in [6.45, 7) is 2.05. The van der Waals surface area contributed by atoms with Crippen LogP contribution in [0.1, 0.15) is 16.2 Å². The van der Waals surface area contributed by atoms with Crippen molar-refractivity contribution in [1.82, 2.24) is 15.1 Å². The molecule has 0 saturated heterocycles. The number of aryl methyl sites for hydroxylation is 1. The molecule has 0 aliphatic carbocycles. The molecule has 6 heteroatoms. The Balaban J connectivity index is 2.30. The number of fused-ring (bicyclic) bond motifs is 2. The maximum atomic E-state index is 12.1. The minimum Gasteiger partial charge on any atom is -0.454 e. The van der Waals surface area contributed by atoms with Crippen molar-refractivity contribution in [2.24, 2.45) is 0 Å². The second-order valence-electron chi connectivity index (χ2n) is 4.58. The van der Waals surface area contributed by atoms with Crippen LogP contribution in [0.4, 0.5) is 0 Å². The average molecular weight is 259 g/mol. The van der Waals surface area contributed by atoms with Gasteiger partial charge < -0.3 is 14.4 Å². The van der Waals surface area contributed by atoms with Gasteiger partial charge in [0.2, 0.25) is 6.79 Å². The maximum absolute atomic E-state index is 12.1. The van der Waals surface area contributed by atoms with Gasteiger partial charge in [-0.05, 0) is 19.1 Å². The third-order valence-corrected chi connectivity index (χ3v) is 3.07. The molecule has 1 aliphatic rings. The Bertz CT molecular complexity index is 682.